The first kappa shape index (κ1) is 14.4. The maximum atomic E-state index is 11.3. The summed E-state index contributed by atoms with van der Waals surface area (Å²) in [5, 5.41) is 0. The van der Waals surface area contributed by atoms with E-state index in [0.717, 1.165) is 5.57 Å². The molecule has 0 N–H and O–H groups in total. The molecule has 0 aromatic heterocycles. The summed E-state index contributed by atoms with van der Waals surface area (Å²) < 4.78 is 5.13. The Kier molecular flexibility index (Phi) is 7.86. The molecule has 0 heterocycles. The Bertz CT molecular complexity index is 307. The second-order valence-electron chi connectivity index (χ2n) is 3.62. The van der Waals surface area contributed by atoms with Crippen LogP contribution < -0.4 is 0 Å². The van der Waals surface area contributed by atoms with E-state index in [2.05, 4.69) is 6.58 Å². The SMILES string of the molecule is C=C\C=C/C(=C\C=C/C)COC(=O)C(C)C. The second kappa shape index (κ2) is 8.72. The average Bonchev–Trinajstić information content (AvgIpc) is 2.27. The maximum Gasteiger partial charge on any atom is 0.308 e. The minimum Gasteiger partial charge on any atom is -0.461 e. The molecule has 0 spiro atoms. The lowest BCUT2D eigenvalue weighted by molar-refractivity contribution is -0.146. The molecule has 0 rings (SSSR count). The lowest BCUT2D eigenvalue weighted by Crippen LogP contribution is -2.13. The maximum absolute atomic E-state index is 11.3. The van der Waals surface area contributed by atoms with E-state index >= 15 is 0 Å². The largest absolute Gasteiger partial charge is 0.461 e. The van der Waals surface area contributed by atoms with Gasteiger partial charge in [0.25, 0.3) is 0 Å². The number of hydrogen-bond donors (Lipinski definition) is 0. The number of allylic oxidation sites excluding steroid dienone is 5. The molecule has 0 atom stereocenters. The fraction of sp³-hybridized carbons (Fsp3) is 0.357. The number of rotatable bonds is 6. The van der Waals surface area contributed by atoms with Gasteiger partial charge in [0.05, 0.1) is 5.92 Å². The first-order valence-electron chi connectivity index (χ1n) is 5.39. The molecule has 16 heavy (non-hydrogen) atoms. The van der Waals surface area contributed by atoms with Crippen LogP contribution >= 0.6 is 0 Å². The topological polar surface area (TPSA) is 26.3 Å². The molecule has 0 aliphatic rings. The molecule has 0 aliphatic heterocycles. The smallest absolute Gasteiger partial charge is 0.308 e. The molecule has 0 aliphatic carbocycles. The predicted molar refractivity (Wildman–Crippen MR) is 68.0 cm³/mol. The van der Waals surface area contributed by atoms with Crippen molar-refractivity contribution in [1.29, 1.82) is 0 Å². The van der Waals surface area contributed by atoms with Crippen LogP contribution in [-0.2, 0) is 9.53 Å². The van der Waals surface area contributed by atoms with Crippen LogP contribution in [0.25, 0.3) is 0 Å². The van der Waals surface area contributed by atoms with Gasteiger partial charge in [0.1, 0.15) is 6.61 Å². The van der Waals surface area contributed by atoms with Crippen molar-refractivity contribution in [2.45, 2.75) is 20.8 Å². The van der Waals surface area contributed by atoms with Crippen LogP contribution in [0.2, 0.25) is 0 Å². The molecule has 0 radical (unpaired) electrons. The third-order valence-corrected chi connectivity index (χ3v) is 1.80. The van der Waals surface area contributed by atoms with Crippen molar-refractivity contribution in [3.63, 3.8) is 0 Å². The first-order chi connectivity index (χ1) is 7.61. The molecule has 0 aromatic carbocycles. The molecule has 0 aromatic rings. The summed E-state index contributed by atoms with van der Waals surface area (Å²) in [6, 6.07) is 0. The highest BCUT2D eigenvalue weighted by atomic mass is 16.5. The molecule has 0 amide bonds. The summed E-state index contributed by atoms with van der Waals surface area (Å²) in [7, 11) is 0. The summed E-state index contributed by atoms with van der Waals surface area (Å²) in [6.07, 6.45) is 11.1. The van der Waals surface area contributed by atoms with Crippen molar-refractivity contribution in [3.8, 4) is 0 Å². The Hall–Kier alpha value is -1.57. The number of esters is 1. The van der Waals surface area contributed by atoms with Gasteiger partial charge in [0.15, 0.2) is 0 Å². The Morgan fingerprint density at radius 2 is 2.06 bits per heavy atom. The molecule has 88 valence electrons. The number of carbonyl (C=O) groups excluding carboxylic acids is 1. The summed E-state index contributed by atoms with van der Waals surface area (Å²) in [5.74, 6) is -0.273. The van der Waals surface area contributed by atoms with Gasteiger partial charge < -0.3 is 4.74 Å². The van der Waals surface area contributed by atoms with Crippen LogP contribution in [0.5, 0.6) is 0 Å². The van der Waals surface area contributed by atoms with E-state index in [4.69, 9.17) is 4.74 Å². The van der Waals surface area contributed by atoms with Crippen LogP contribution in [0.4, 0.5) is 0 Å². The molecular weight excluding hydrogens is 200 g/mol. The average molecular weight is 220 g/mol. The summed E-state index contributed by atoms with van der Waals surface area (Å²) >= 11 is 0. The van der Waals surface area contributed by atoms with Gasteiger partial charge in [-0.05, 0) is 12.5 Å². The van der Waals surface area contributed by atoms with Crippen LogP contribution in [0.1, 0.15) is 20.8 Å². The fourth-order valence-corrected chi connectivity index (χ4v) is 0.884. The molecule has 0 unspecified atom stereocenters. The molecule has 2 nitrogen and oxygen atoms in total. The Labute approximate surface area is 98.0 Å². The summed E-state index contributed by atoms with van der Waals surface area (Å²) in [5.41, 5.74) is 0.937. The quantitative estimate of drug-likeness (QED) is 0.506. The number of hydrogen-bond acceptors (Lipinski definition) is 2. The van der Waals surface area contributed by atoms with Gasteiger partial charge in [-0.1, -0.05) is 56.9 Å². The predicted octanol–water partition coefficient (Wildman–Crippen LogP) is 3.43. The second-order valence-corrected chi connectivity index (χ2v) is 3.62. The Morgan fingerprint density at radius 3 is 2.56 bits per heavy atom. The van der Waals surface area contributed by atoms with Crippen LogP contribution in [0.3, 0.4) is 0 Å². The van der Waals surface area contributed by atoms with Crippen LogP contribution in [0.15, 0.2) is 48.6 Å². The summed E-state index contributed by atoms with van der Waals surface area (Å²) in [4.78, 5) is 11.3. The van der Waals surface area contributed by atoms with E-state index in [1.165, 1.54) is 0 Å². The van der Waals surface area contributed by atoms with E-state index in [1.807, 2.05) is 51.2 Å². The third kappa shape index (κ3) is 6.82. The monoisotopic (exact) mass is 220 g/mol. The van der Waals surface area contributed by atoms with E-state index < -0.39 is 0 Å². The molecular formula is C14H20O2. The van der Waals surface area contributed by atoms with Crippen LogP contribution in [0, 0.1) is 5.92 Å². The van der Waals surface area contributed by atoms with Gasteiger partial charge in [-0.15, -0.1) is 0 Å². The van der Waals surface area contributed by atoms with Gasteiger partial charge in [-0.25, -0.2) is 0 Å². The highest BCUT2D eigenvalue weighted by Gasteiger charge is 2.07. The molecule has 0 saturated carbocycles. The molecule has 0 bridgehead atoms. The van der Waals surface area contributed by atoms with Crippen molar-refractivity contribution < 1.29 is 9.53 Å². The lowest BCUT2D eigenvalue weighted by atomic mass is 10.2. The van der Waals surface area contributed by atoms with E-state index in [9.17, 15) is 4.79 Å². The van der Waals surface area contributed by atoms with Crippen molar-refractivity contribution >= 4 is 5.97 Å². The van der Waals surface area contributed by atoms with Crippen molar-refractivity contribution in [1.82, 2.24) is 0 Å². The molecule has 0 fully saturated rings. The van der Waals surface area contributed by atoms with Gasteiger partial charge in [0.2, 0.25) is 0 Å². The van der Waals surface area contributed by atoms with Gasteiger partial charge >= 0.3 is 5.97 Å². The normalized spacial score (nSPS) is 12.6. The first-order valence-corrected chi connectivity index (χ1v) is 5.39. The minimum absolute atomic E-state index is 0.0913. The summed E-state index contributed by atoms with van der Waals surface area (Å²) in [6.45, 7) is 9.46. The standard InChI is InChI=1S/C14H20O2/c1-5-7-9-13(10-8-6-2)11-16-14(15)12(3)4/h5-10,12H,1,11H2,2-4H3/b8-6-,9-7-,13-10+. The van der Waals surface area contributed by atoms with E-state index in [1.54, 1.807) is 6.08 Å². The zero-order chi connectivity index (χ0) is 12.4. The van der Waals surface area contributed by atoms with Gasteiger partial charge in [-0.2, -0.15) is 0 Å². The van der Waals surface area contributed by atoms with Crippen LogP contribution in [-0.4, -0.2) is 12.6 Å². The lowest BCUT2D eigenvalue weighted by Gasteiger charge is -2.07. The third-order valence-electron chi connectivity index (χ3n) is 1.80. The zero-order valence-corrected chi connectivity index (χ0v) is 10.3. The number of ether oxygens (including phenoxy) is 1. The van der Waals surface area contributed by atoms with E-state index in [-0.39, 0.29) is 11.9 Å². The minimum atomic E-state index is -0.182. The van der Waals surface area contributed by atoms with Crippen molar-refractivity contribution in [2.75, 3.05) is 6.61 Å². The number of carbonyl (C=O) groups is 1. The van der Waals surface area contributed by atoms with Gasteiger partial charge in [-0.3, -0.25) is 4.79 Å². The fourth-order valence-electron chi connectivity index (χ4n) is 0.884. The Morgan fingerprint density at radius 1 is 1.38 bits per heavy atom. The highest BCUT2D eigenvalue weighted by molar-refractivity contribution is 5.71. The Balaban J connectivity index is 4.38. The molecule has 2 heteroatoms. The van der Waals surface area contributed by atoms with Gasteiger partial charge in [0, 0.05) is 0 Å². The van der Waals surface area contributed by atoms with Crippen molar-refractivity contribution in [2.24, 2.45) is 5.92 Å². The van der Waals surface area contributed by atoms with Crippen molar-refractivity contribution in [3.05, 3.63) is 48.6 Å². The highest BCUT2D eigenvalue weighted by Crippen LogP contribution is 2.03. The molecule has 0 saturated heterocycles. The zero-order valence-electron chi connectivity index (χ0n) is 10.3. The van der Waals surface area contributed by atoms with E-state index in [0.29, 0.717) is 6.61 Å².